The summed E-state index contributed by atoms with van der Waals surface area (Å²) in [5, 5.41) is 8.82. The van der Waals surface area contributed by atoms with Crippen molar-refractivity contribution in [2.75, 3.05) is 18.5 Å². The zero-order valence-corrected chi connectivity index (χ0v) is 10.8. The molecule has 0 amide bonds. The fourth-order valence-electron chi connectivity index (χ4n) is 2.59. The SMILES string of the molecule is CN(CC1CCCCC1)c1ccc(C(=O)O)cn1. The van der Waals surface area contributed by atoms with Gasteiger partial charge in [0.2, 0.25) is 0 Å². The van der Waals surface area contributed by atoms with Crippen LogP contribution in [0.5, 0.6) is 0 Å². The molecule has 1 heterocycles. The van der Waals surface area contributed by atoms with Crippen LogP contribution in [0, 0.1) is 5.92 Å². The Morgan fingerprint density at radius 1 is 1.39 bits per heavy atom. The normalized spacial score (nSPS) is 16.5. The van der Waals surface area contributed by atoms with Crippen molar-refractivity contribution in [3.63, 3.8) is 0 Å². The Bertz CT molecular complexity index is 397. The summed E-state index contributed by atoms with van der Waals surface area (Å²) in [6.45, 7) is 1.01. The Kier molecular flexibility index (Phi) is 4.18. The third-order valence-electron chi connectivity index (χ3n) is 3.64. The molecular formula is C14H20N2O2. The van der Waals surface area contributed by atoms with Gasteiger partial charge in [0.25, 0.3) is 0 Å². The number of nitrogens with zero attached hydrogens (tertiary/aromatic N) is 2. The highest BCUT2D eigenvalue weighted by atomic mass is 16.4. The zero-order valence-electron chi connectivity index (χ0n) is 10.8. The molecule has 0 bridgehead atoms. The van der Waals surface area contributed by atoms with E-state index in [-0.39, 0.29) is 5.56 Å². The van der Waals surface area contributed by atoms with Gasteiger partial charge in [0.05, 0.1) is 5.56 Å². The molecule has 1 N–H and O–H groups in total. The maximum absolute atomic E-state index is 10.7. The maximum Gasteiger partial charge on any atom is 0.337 e. The standard InChI is InChI=1S/C14H20N2O2/c1-16(10-11-5-3-2-4-6-11)13-8-7-12(9-15-13)14(17)18/h7-9,11H,2-6,10H2,1H3,(H,17,18). The lowest BCUT2D eigenvalue weighted by Crippen LogP contribution is -2.27. The van der Waals surface area contributed by atoms with Gasteiger partial charge in [0, 0.05) is 19.8 Å². The molecule has 0 atom stereocenters. The number of aromatic carboxylic acids is 1. The first kappa shape index (κ1) is 12.9. The van der Waals surface area contributed by atoms with Gasteiger partial charge in [0.1, 0.15) is 5.82 Å². The molecule has 1 aliphatic rings. The van der Waals surface area contributed by atoms with E-state index in [0.29, 0.717) is 0 Å². The van der Waals surface area contributed by atoms with E-state index in [0.717, 1.165) is 18.3 Å². The summed E-state index contributed by atoms with van der Waals surface area (Å²) in [6.07, 6.45) is 8.07. The topological polar surface area (TPSA) is 53.4 Å². The quantitative estimate of drug-likeness (QED) is 0.890. The molecule has 1 fully saturated rings. The Balaban J connectivity index is 1.95. The van der Waals surface area contributed by atoms with E-state index in [1.807, 2.05) is 7.05 Å². The van der Waals surface area contributed by atoms with Crippen LogP contribution >= 0.6 is 0 Å². The van der Waals surface area contributed by atoms with Crippen LogP contribution in [0.2, 0.25) is 0 Å². The molecule has 1 aliphatic carbocycles. The van der Waals surface area contributed by atoms with E-state index in [9.17, 15) is 4.79 Å². The van der Waals surface area contributed by atoms with Crippen LogP contribution in [0.1, 0.15) is 42.5 Å². The van der Waals surface area contributed by atoms with Crippen LogP contribution in [0.15, 0.2) is 18.3 Å². The Morgan fingerprint density at radius 2 is 2.11 bits per heavy atom. The predicted molar refractivity (Wildman–Crippen MR) is 71.0 cm³/mol. The number of carboxylic acids is 1. The van der Waals surface area contributed by atoms with Crippen molar-refractivity contribution in [1.82, 2.24) is 4.98 Å². The van der Waals surface area contributed by atoms with E-state index in [4.69, 9.17) is 5.11 Å². The number of anilines is 1. The highest BCUT2D eigenvalue weighted by Crippen LogP contribution is 2.25. The number of carbonyl (C=O) groups is 1. The minimum Gasteiger partial charge on any atom is -0.478 e. The summed E-state index contributed by atoms with van der Waals surface area (Å²) in [5.74, 6) is 0.680. The second-order valence-electron chi connectivity index (χ2n) is 5.09. The van der Waals surface area contributed by atoms with Gasteiger partial charge in [0.15, 0.2) is 0 Å². The lowest BCUT2D eigenvalue weighted by molar-refractivity contribution is 0.0696. The van der Waals surface area contributed by atoms with Crippen LogP contribution in [0.25, 0.3) is 0 Å². The van der Waals surface area contributed by atoms with Gasteiger partial charge < -0.3 is 10.0 Å². The first-order chi connectivity index (χ1) is 8.66. The van der Waals surface area contributed by atoms with Crippen LogP contribution in [-0.4, -0.2) is 29.7 Å². The van der Waals surface area contributed by atoms with Crippen molar-refractivity contribution in [2.45, 2.75) is 32.1 Å². The zero-order chi connectivity index (χ0) is 13.0. The molecule has 2 rings (SSSR count). The van der Waals surface area contributed by atoms with Gasteiger partial charge >= 0.3 is 5.97 Å². The summed E-state index contributed by atoms with van der Waals surface area (Å²) < 4.78 is 0. The van der Waals surface area contributed by atoms with Crippen LogP contribution < -0.4 is 4.90 Å². The second kappa shape index (κ2) is 5.85. The van der Waals surface area contributed by atoms with Crippen molar-refractivity contribution in [1.29, 1.82) is 0 Å². The fraction of sp³-hybridized carbons (Fsp3) is 0.571. The molecule has 0 aromatic carbocycles. The van der Waals surface area contributed by atoms with Crippen molar-refractivity contribution in [3.8, 4) is 0 Å². The Morgan fingerprint density at radius 3 is 2.67 bits per heavy atom. The van der Waals surface area contributed by atoms with Gasteiger partial charge in [-0.15, -0.1) is 0 Å². The second-order valence-corrected chi connectivity index (χ2v) is 5.09. The van der Waals surface area contributed by atoms with Gasteiger partial charge in [-0.2, -0.15) is 0 Å². The Hall–Kier alpha value is -1.58. The molecule has 1 aromatic heterocycles. The Labute approximate surface area is 108 Å². The molecule has 0 aliphatic heterocycles. The third-order valence-corrected chi connectivity index (χ3v) is 3.64. The fourth-order valence-corrected chi connectivity index (χ4v) is 2.59. The monoisotopic (exact) mass is 248 g/mol. The summed E-state index contributed by atoms with van der Waals surface area (Å²) in [6, 6.07) is 3.40. The number of rotatable bonds is 4. The first-order valence-corrected chi connectivity index (χ1v) is 6.57. The molecule has 0 radical (unpaired) electrons. The molecule has 98 valence electrons. The van der Waals surface area contributed by atoms with Crippen LogP contribution in [0.3, 0.4) is 0 Å². The number of aromatic nitrogens is 1. The molecule has 0 spiro atoms. The molecule has 4 nitrogen and oxygen atoms in total. The highest BCUT2D eigenvalue weighted by molar-refractivity contribution is 5.87. The number of hydrogen-bond donors (Lipinski definition) is 1. The van der Waals surface area contributed by atoms with Crippen molar-refractivity contribution in [3.05, 3.63) is 23.9 Å². The number of hydrogen-bond acceptors (Lipinski definition) is 3. The maximum atomic E-state index is 10.7. The van der Waals surface area contributed by atoms with E-state index in [1.165, 1.54) is 38.3 Å². The number of pyridine rings is 1. The smallest absolute Gasteiger partial charge is 0.337 e. The minimum absolute atomic E-state index is 0.241. The van der Waals surface area contributed by atoms with Gasteiger partial charge in [-0.1, -0.05) is 19.3 Å². The molecule has 0 unspecified atom stereocenters. The first-order valence-electron chi connectivity index (χ1n) is 6.57. The van der Waals surface area contributed by atoms with Crippen molar-refractivity contribution < 1.29 is 9.90 Å². The average Bonchev–Trinajstić information content (AvgIpc) is 2.40. The largest absolute Gasteiger partial charge is 0.478 e. The highest BCUT2D eigenvalue weighted by Gasteiger charge is 2.16. The molecule has 0 saturated heterocycles. The summed E-state index contributed by atoms with van der Waals surface area (Å²) >= 11 is 0. The lowest BCUT2D eigenvalue weighted by Gasteiger charge is -2.27. The van der Waals surface area contributed by atoms with Crippen molar-refractivity contribution in [2.24, 2.45) is 5.92 Å². The van der Waals surface area contributed by atoms with E-state index < -0.39 is 5.97 Å². The molecule has 4 heteroatoms. The third kappa shape index (κ3) is 3.22. The van der Waals surface area contributed by atoms with E-state index in [2.05, 4.69) is 9.88 Å². The molecular weight excluding hydrogens is 228 g/mol. The van der Waals surface area contributed by atoms with Crippen LogP contribution in [-0.2, 0) is 0 Å². The average molecular weight is 248 g/mol. The molecule has 1 aromatic rings. The van der Waals surface area contributed by atoms with Crippen molar-refractivity contribution >= 4 is 11.8 Å². The van der Waals surface area contributed by atoms with Crippen LogP contribution in [0.4, 0.5) is 5.82 Å². The van der Waals surface area contributed by atoms with Gasteiger partial charge in [-0.25, -0.2) is 9.78 Å². The molecule has 18 heavy (non-hydrogen) atoms. The summed E-state index contributed by atoms with van der Waals surface area (Å²) in [5.41, 5.74) is 0.241. The van der Waals surface area contributed by atoms with E-state index in [1.54, 1.807) is 12.1 Å². The van der Waals surface area contributed by atoms with E-state index >= 15 is 0 Å². The summed E-state index contributed by atoms with van der Waals surface area (Å²) in [7, 11) is 2.03. The number of carboxylic acid groups (broad SMARTS) is 1. The summed E-state index contributed by atoms with van der Waals surface area (Å²) in [4.78, 5) is 17.1. The minimum atomic E-state index is -0.927. The lowest BCUT2D eigenvalue weighted by atomic mass is 9.89. The molecule has 1 saturated carbocycles. The van der Waals surface area contributed by atoms with Gasteiger partial charge in [-0.05, 0) is 30.9 Å². The van der Waals surface area contributed by atoms with Gasteiger partial charge in [-0.3, -0.25) is 0 Å². The predicted octanol–water partition coefficient (Wildman–Crippen LogP) is 2.80.